The first kappa shape index (κ1) is 40.7. The zero-order chi connectivity index (χ0) is 30.4. The Bertz CT molecular complexity index is 605. The summed E-state index contributed by atoms with van der Waals surface area (Å²) in [7, 11) is 0. The quantitative estimate of drug-likeness (QED) is 0.0590. The molecule has 1 N–H and O–H groups in total. The molecule has 0 fully saturated rings. The Labute approximate surface area is 265 Å². The summed E-state index contributed by atoms with van der Waals surface area (Å²) in [6.45, 7) is 5.41. The first-order valence-electron chi connectivity index (χ1n) is 19.0. The molecule has 0 radical (unpaired) electrons. The Kier molecular flexibility index (Phi) is 36.5. The minimum Gasteiger partial charge on any atom is -0.356 e. The van der Waals surface area contributed by atoms with Crippen molar-refractivity contribution in [3.8, 4) is 0 Å². The summed E-state index contributed by atoms with van der Waals surface area (Å²) in [6.07, 6.45) is 52.8. The summed E-state index contributed by atoms with van der Waals surface area (Å²) < 4.78 is 0. The van der Waals surface area contributed by atoms with E-state index in [0.29, 0.717) is 6.42 Å². The molecule has 0 aromatic rings. The summed E-state index contributed by atoms with van der Waals surface area (Å²) >= 11 is 0. The lowest BCUT2D eigenvalue weighted by Gasteiger charge is -2.06. The monoisotopic (exact) mass is 586 g/mol. The number of rotatable bonds is 34. The summed E-state index contributed by atoms with van der Waals surface area (Å²) in [6, 6.07) is 0. The van der Waals surface area contributed by atoms with Crippen molar-refractivity contribution in [3.63, 3.8) is 0 Å². The van der Waals surface area contributed by atoms with Gasteiger partial charge >= 0.3 is 0 Å². The van der Waals surface area contributed by atoms with E-state index in [2.05, 4.69) is 55.6 Å². The molecule has 0 saturated carbocycles. The van der Waals surface area contributed by atoms with Gasteiger partial charge in [-0.3, -0.25) is 4.79 Å². The standard InChI is InChI=1S/C40H75NO/c1-3-5-7-9-11-13-15-17-19-20-21-22-23-25-27-29-31-33-35-37-39-41-40(42)38-36-34-32-30-28-26-24-18-16-14-12-10-8-6-4-2/h12,14,17-19,24H,3-11,13,15-16,20-23,25-39H2,1-2H3,(H,41,42)/b14-12-,19-17-,24-18-. The van der Waals surface area contributed by atoms with Crippen molar-refractivity contribution < 1.29 is 4.79 Å². The molecule has 0 saturated heterocycles. The Morgan fingerprint density at radius 2 is 0.738 bits per heavy atom. The van der Waals surface area contributed by atoms with E-state index in [1.165, 1.54) is 167 Å². The predicted molar refractivity (Wildman–Crippen MR) is 190 cm³/mol. The molecule has 0 aliphatic rings. The highest BCUT2D eigenvalue weighted by Crippen LogP contribution is 2.13. The van der Waals surface area contributed by atoms with E-state index in [4.69, 9.17) is 0 Å². The first-order valence-corrected chi connectivity index (χ1v) is 19.0. The third-order valence-electron chi connectivity index (χ3n) is 8.37. The lowest BCUT2D eigenvalue weighted by molar-refractivity contribution is -0.121. The lowest BCUT2D eigenvalue weighted by Crippen LogP contribution is -2.23. The summed E-state index contributed by atoms with van der Waals surface area (Å²) in [5, 5.41) is 3.13. The second kappa shape index (κ2) is 37.7. The zero-order valence-corrected chi connectivity index (χ0v) is 28.8. The van der Waals surface area contributed by atoms with E-state index in [9.17, 15) is 4.79 Å². The number of allylic oxidation sites excluding steroid dienone is 6. The average Bonchev–Trinajstić information content (AvgIpc) is 3.00. The molecule has 0 spiro atoms. The summed E-state index contributed by atoms with van der Waals surface area (Å²) in [5.41, 5.74) is 0. The molecule has 0 aromatic heterocycles. The van der Waals surface area contributed by atoms with Gasteiger partial charge in [0, 0.05) is 13.0 Å². The van der Waals surface area contributed by atoms with Gasteiger partial charge in [-0.1, -0.05) is 166 Å². The zero-order valence-electron chi connectivity index (χ0n) is 28.8. The summed E-state index contributed by atoms with van der Waals surface area (Å²) in [4.78, 5) is 12.0. The predicted octanol–water partition coefficient (Wildman–Crippen LogP) is 13.5. The van der Waals surface area contributed by atoms with E-state index in [1.54, 1.807) is 0 Å². The van der Waals surface area contributed by atoms with Crippen molar-refractivity contribution in [1.29, 1.82) is 0 Å². The maximum atomic E-state index is 12.0. The number of hydrogen-bond acceptors (Lipinski definition) is 1. The second-order valence-corrected chi connectivity index (χ2v) is 12.7. The smallest absolute Gasteiger partial charge is 0.219 e. The third kappa shape index (κ3) is 36.7. The fraction of sp³-hybridized carbons (Fsp3) is 0.825. The largest absolute Gasteiger partial charge is 0.356 e. The highest BCUT2D eigenvalue weighted by Gasteiger charge is 2.00. The van der Waals surface area contributed by atoms with Crippen LogP contribution in [0.5, 0.6) is 0 Å². The molecule has 2 nitrogen and oxygen atoms in total. The van der Waals surface area contributed by atoms with Crippen molar-refractivity contribution in [3.05, 3.63) is 36.5 Å². The number of nitrogens with one attached hydrogen (secondary N) is 1. The van der Waals surface area contributed by atoms with Crippen LogP contribution in [0.1, 0.15) is 206 Å². The van der Waals surface area contributed by atoms with Crippen LogP contribution in [0.4, 0.5) is 0 Å². The third-order valence-corrected chi connectivity index (χ3v) is 8.37. The molecule has 0 atom stereocenters. The van der Waals surface area contributed by atoms with Crippen LogP contribution in [0, 0.1) is 0 Å². The molecule has 1 amide bonds. The molecule has 2 heteroatoms. The average molecular weight is 586 g/mol. The fourth-order valence-electron chi connectivity index (χ4n) is 5.49. The minimum atomic E-state index is 0.258. The maximum absolute atomic E-state index is 12.0. The van der Waals surface area contributed by atoms with Gasteiger partial charge in [-0.25, -0.2) is 0 Å². The second-order valence-electron chi connectivity index (χ2n) is 12.7. The van der Waals surface area contributed by atoms with Crippen LogP contribution in [-0.2, 0) is 4.79 Å². The van der Waals surface area contributed by atoms with E-state index in [1.807, 2.05) is 0 Å². The Morgan fingerprint density at radius 3 is 1.21 bits per heavy atom. The highest BCUT2D eigenvalue weighted by molar-refractivity contribution is 5.75. The Balaban J connectivity index is 3.24. The highest BCUT2D eigenvalue weighted by atomic mass is 16.1. The number of carbonyl (C=O) groups excluding carboxylic acids is 1. The molecule has 42 heavy (non-hydrogen) atoms. The van der Waals surface area contributed by atoms with E-state index in [-0.39, 0.29) is 5.91 Å². The van der Waals surface area contributed by atoms with Gasteiger partial charge in [0.25, 0.3) is 0 Å². The molecule has 0 aromatic carbocycles. The van der Waals surface area contributed by atoms with Gasteiger partial charge in [-0.15, -0.1) is 0 Å². The molecule has 0 aliphatic carbocycles. The molecule has 246 valence electrons. The van der Waals surface area contributed by atoms with E-state index in [0.717, 1.165) is 25.8 Å². The molecular formula is C40H75NO. The number of hydrogen-bond donors (Lipinski definition) is 1. The number of amides is 1. The SMILES string of the molecule is CCCCC/C=C\C/C=C\CCCCCCCC(=O)NCCCCCCCCCCCC/C=C\CCCCCCCC. The number of unbranched alkanes of at least 4 members (excludes halogenated alkanes) is 24. The van der Waals surface area contributed by atoms with E-state index < -0.39 is 0 Å². The van der Waals surface area contributed by atoms with Gasteiger partial charge in [-0.2, -0.15) is 0 Å². The van der Waals surface area contributed by atoms with Gasteiger partial charge in [0.15, 0.2) is 0 Å². The van der Waals surface area contributed by atoms with Crippen LogP contribution in [0.15, 0.2) is 36.5 Å². The van der Waals surface area contributed by atoms with Crippen molar-refractivity contribution >= 4 is 5.91 Å². The van der Waals surface area contributed by atoms with Crippen molar-refractivity contribution in [2.75, 3.05) is 6.54 Å². The van der Waals surface area contributed by atoms with Crippen LogP contribution in [0.3, 0.4) is 0 Å². The molecule has 0 bridgehead atoms. The normalized spacial score (nSPS) is 12.0. The summed E-state index contributed by atoms with van der Waals surface area (Å²) in [5.74, 6) is 0.258. The van der Waals surface area contributed by atoms with Gasteiger partial charge < -0.3 is 5.32 Å². The lowest BCUT2D eigenvalue weighted by atomic mass is 10.1. The van der Waals surface area contributed by atoms with Gasteiger partial charge in [0.1, 0.15) is 0 Å². The van der Waals surface area contributed by atoms with Crippen LogP contribution in [-0.4, -0.2) is 12.5 Å². The Morgan fingerprint density at radius 1 is 0.405 bits per heavy atom. The van der Waals surface area contributed by atoms with Crippen LogP contribution >= 0.6 is 0 Å². The van der Waals surface area contributed by atoms with E-state index >= 15 is 0 Å². The molecular weight excluding hydrogens is 510 g/mol. The van der Waals surface area contributed by atoms with Crippen LogP contribution in [0.25, 0.3) is 0 Å². The first-order chi connectivity index (χ1) is 20.8. The van der Waals surface area contributed by atoms with Crippen LogP contribution < -0.4 is 5.32 Å². The van der Waals surface area contributed by atoms with Crippen molar-refractivity contribution in [1.82, 2.24) is 5.32 Å². The molecule has 0 aliphatic heterocycles. The minimum absolute atomic E-state index is 0.258. The van der Waals surface area contributed by atoms with Gasteiger partial charge in [0.2, 0.25) is 5.91 Å². The maximum Gasteiger partial charge on any atom is 0.219 e. The van der Waals surface area contributed by atoms with Crippen molar-refractivity contribution in [2.24, 2.45) is 0 Å². The Hall–Kier alpha value is -1.31. The molecule has 0 rings (SSSR count). The van der Waals surface area contributed by atoms with Crippen LogP contribution in [0.2, 0.25) is 0 Å². The fourth-order valence-corrected chi connectivity index (χ4v) is 5.49. The topological polar surface area (TPSA) is 29.1 Å². The van der Waals surface area contributed by atoms with Crippen molar-refractivity contribution in [2.45, 2.75) is 206 Å². The molecule has 0 heterocycles. The van der Waals surface area contributed by atoms with Gasteiger partial charge in [-0.05, 0) is 70.6 Å². The number of carbonyl (C=O) groups is 1. The molecule has 0 unspecified atom stereocenters. The van der Waals surface area contributed by atoms with Gasteiger partial charge in [0.05, 0.1) is 0 Å².